The number of aliphatic hydroxyl groups excluding tert-OH is 1. The highest BCUT2D eigenvalue weighted by Gasteiger charge is 2.65. The monoisotopic (exact) mass is 734 g/mol. The van der Waals surface area contributed by atoms with E-state index >= 15 is 0 Å². The van der Waals surface area contributed by atoms with Gasteiger partial charge in [0.2, 0.25) is 5.95 Å². The Morgan fingerprint density at radius 3 is 2.57 bits per heavy atom. The van der Waals surface area contributed by atoms with Crippen LogP contribution in [0.3, 0.4) is 0 Å². The molecule has 0 unspecified atom stereocenters. The van der Waals surface area contributed by atoms with Crippen molar-refractivity contribution in [1.82, 2.24) is 39.0 Å². The van der Waals surface area contributed by atoms with E-state index < -0.39 is 74.2 Å². The number of H-pyrrole nitrogens is 1. The highest BCUT2D eigenvalue weighted by Crippen LogP contribution is 2.61. The van der Waals surface area contributed by atoms with Crippen molar-refractivity contribution in [3.63, 3.8) is 0 Å². The van der Waals surface area contributed by atoms with Crippen LogP contribution >= 0.6 is 38.1 Å². The first-order valence-corrected chi connectivity index (χ1v) is 19.2. The first-order chi connectivity index (χ1) is 22.2. The van der Waals surface area contributed by atoms with Gasteiger partial charge in [-0.2, -0.15) is 4.98 Å². The van der Waals surface area contributed by atoms with Gasteiger partial charge in [0.1, 0.15) is 35.8 Å². The van der Waals surface area contributed by atoms with Crippen LogP contribution in [0.2, 0.25) is 0 Å². The Hall–Kier alpha value is -2.66. The number of nitrogens with one attached hydrogen (secondary N) is 1. The standard InChI is InChI=1S/C22H28N10O11P2S2/c1-8-9(41-19(12(8)33)31-6-27-10-15(23)25-5-26-16(10)31)2-39-45(37,47)43-14-13-20(42-22(14,3-38-13)4-40-44(35,36)46)32-7-28-11-17(32)29-21(24)30-18(11)34/h5-9,12-14,19-20,33H,2-4H2,1H3,(H,37,47)(H2,23,25,26)(H2,35,36,46)(H3,24,29,30,34)/t8-,9-,12-,13-,14+,19-,20-,22-,45-/m1/s1. The van der Waals surface area contributed by atoms with Crippen molar-refractivity contribution in [2.45, 2.75) is 49.4 Å². The van der Waals surface area contributed by atoms with E-state index in [1.807, 2.05) is 0 Å². The van der Waals surface area contributed by atoms with Crippen molar-refractivity contribution < 1.29 is 46.9 Å². The van der Waals surface area contributed by atoms with Gasteiger partial charge in [-0.15, -0.1) is 0 Å². The molecule has 0 spiro atoms. The second kappa shape index (κ2) is 11.7. The number of ether oxygens (including phenoxy) is 3. The number of imidazole rings is 2. The van der Waals surface area contributed by atoms with Crippen LogP contribution in [0.4, 0.5) is 11.8 Å². The summed E-state index contributed by atoms with van der Waals surface area (Å²) in [6, 6.07) is 0. The smallest absolute Gasteiger partial charge is 0.386 e. The molecule has 10 atom stereocenters. The van der Waals surface area contributed by atoms with Crippen LogP contribution in [0.1, 0.15) is 19.4 Å². The van der Waals surface area contributed by atoms with Crippen LogP contribution in [-0.4, -0.2) is 98.9 Å². The Morgan fingerprint density at radius 1 is 1.11 bits per heavy atom. The molecular formula is C22H28N10O11P2S2. The van der Waals surface area contributed by atoms with Gasteiger partial charge in [0.05, 0.1) is 38.6 Å². The van der Waals surface area contributed by atoms with Crippen LogP contribution in [0, 0.1) is 5.92 Å². The molecule has 0 aliphatic carbocycles. The number of nitrogens with two attached hydrogens (primary N) is 2. The van der Waals surface area contributed by atoms with E-state index in [2.05, 4.69) is 54.4 Å². The lowest BCUT2D eigenvalue weighted by Crippen LogP contribution is -2.45. The van der Waals surface area contributed by atoms with Crippen LogP contribution < -0.4 is 17.0 Å². The molecule has 0 radical (unpaired) electrons. The molecule has 7 rings (SSSR count). The summed E-state index contributed by atoms with van der Waals surface area (Å²) in [6.45, 7) is -8.01. The van der Waals surface area contributed by atoms with Gasteiger partial charge >= 0.3 is 13.6 Å². The van der Waals surface area contributed by atoms with E-state index in [-0.39, 0.29) is 36.1 Å². The first-order valence-electron chi connectivity index (χ1n) is 13.8. The SMILES string of the molecule is C[C@H]1[C@@H](O)[C@H](n2cnc3c(N)ncnc32)O[C@@H]1CO[P@@](=O)(S)O[C@H]1[C@H]2OC[C@]1(CO[P@@](=O)(O)S)O[C@H]2n1cnc2c(=O)[nH]c(N)nc21. The summed E-state index contributed by atoms with van der Waals surface area (Å²) >= 11 is 7.74. The number of aromatic amines is 1. The maximum Gasteiger partial charge on any atom is 0.386 e. The molecule has 2 bridgehead atoms. The Labute approximate surface area is 273 Å². The predicted octanol–water partition coefficient (Wildman–Crippen LogP) is 0.171. The molecule has 254 valence electrons. The fourth-order valence-corrected chi connectivity index (χ4v) is 7.94. The lowest BCUT2D eigenvalue weighted by molar-refractivity contribution is -0.182. The van der Waals surface area contributed by atoms with Crippen molar-refractivity contribution in [1.29, 1.82) is 0 Å². The molecule has 4 aromatic rings. The van der Waals surface area contributed by atoms with Gasteiger partial charge < -0.3 is 35.7 Å². The van der Waals surface area contributed by atoms with Crippen LogP contribution in [0.5, 0.6) is 0 Å². The lowest BCUT2D eigenvalue weighted by Gasteiger charge is -2.31. The summed E-state index contributed by atoms with van der Waals surface area (Å²) in [5.74, 6) is -0.541. The quantitative estimate of drug-likeness (QED) is 0.0844. The fourth-order valence-electron chi connectivity index (χ4n) is 5.88. The summed E-state index contributed by atoms with van der Waals surface area (Å²) in [5.41, 5.74) is 10.1. The number of hydrogen-bond donors (Lipinski definition) is 7. The van der Waals surface area contributed by atoms with Crippen molar-refractivity contribution in [2.24, 2.45) is 5.92 Å². The van der Waals surface area contributed by atoms with Gasteiger partial charge in [0, 0.05) is 5.92 Å². The largest absolute Gasteiger partial charge is 0.388 e. The number of aliphatic hydroxyl groups is 1. The Balaban J connectivity index is 1.10. The number of thiol groups is 2. The first kappa shape index (κ1) is 32.9. The molecule has 4 aromatic heterocycles. The Kier molecular flexibility index (Phi) is 8.21. The number of aromatic nitrogens is 8. The second-order valence-corrected chi connectivity index (χ2v) is 16.8. The third kappa shape index (κ3) is 5.87. The molecule has 0 aromatic carbocycles. The summed E-state index contributed by atoms with van der Waals surface area (Å²) < 4.78 is 63.3. The molecule has 3 saturated heterocycles. The zero-order valence-electron chi connectivity index (χ0n) is 24.0. The van der Waals surface area contributed by atoms with Gasteiger partial charge in [0.15, 0.2) is 35.1 Å². The molecular weight excluding hydrogens is 706 g/mol. The molecule has 21 nitrogen and oxygen atoms in total. The third-order valence-electron chi connectivity index (χ3n) is 8.22. The van der Waals surface area contributed by atoms with E-state index in [0.717, 1.165) is 0 Å². The Bertz CT molecular complexity index is 2010. The minimum atomic E-state index is -4.32. The van der Waals surface area contributed by atoms with Crippen LogP contribution in [0.15, 0.2) is 23.8 Å². The average molecular weight is 735 g/mol. The van der Waals surface area contributed by atoms with Gasteiger partial charge in [-0.3, -0.25) is 32.5 Å². The Morgan fingerprint density at radius 2 is 1.83 bits per heavy atom. The number of anilines is 2. The van der Waals surface area contributed by atoms with Gasteiger partial charge in [-0.05, 0) is 0 Å². The molecule has 0 amide bonds. The van der Waals surface area contributed by atoms with Crippen molar-refractivity contribution >= 4 is 72.2 Å². The number of hydrogen-bond acceptors (Lipinski definition) is 17. The summed E-state index contributed by atoms with van der Waals surface area (Å²) in [4.78, 5) is 44.9. The van der Waals surface area contributed by atoms with Crippen molar-refractivity contribution in [2.75, 3.05) is 31.3 Å². The minimum Gasteiger partial charge on any atom is -0.388 e. The van der Waals surface area contributed by atoms with Gasteiger partial charge in [0.25, 0.3) is 5.56 Å². The van der Waals surface area contributed by atoms with Crippen LogP contribution in [-0.2, 0) is 36.9 Å². The normalized spacial score (nSPS) is 33.1. The predicted molar refractivity (Wildman–Crippen MR) is 166 cm³/mol. The fraction of sp³-hybridized carbons (Fsp3) is 0.545. The second-order valence-electron chi connectivity index (χ2n) is 11.2. The third-order valence-corrected chi connectivity index (χ3v) is 10.6. The average Bonchev–Trinajstić information content (AvgIpc) is 3.80. The summed E-state index contributed by atoms with van der Waals surface area (Å²) in [6.07, 6.45) is -2.21. The van der Waals surface area contributed by atoms with E-state index in [1.165, 1.54) is 28.1 Å². The summed E-state index contributed by atoms with van der Waals surface area (Å²) in [5, 5.41) is 11.0. The number of rotatable bonds is 10. The van der Waals surface area contributed by atoms with Gasteiger partial charge in [-0.25, -0.2) is 29.1 Å². The number of fused-ring (bicyclic) bond motifs is 4. The van der Waals surface area contributed by atoms with E-state index in [0.29, 0.717) is 11.2 Å². The molecule has 7 heterocycles. The van der Waals surface area contributed by atoms with Gasteiger partial charge in [-0.1, -0.05) is 31.4 Å². The molecule has 3 fully saturated rings. The lowest BCUT2D eigenvalue weighted by atomic mass is 10.0. The molecule has 0 saturated carbocycles. The highest BCUT2D eigenvalue weighted by molar-refractivity contribution is 8.44. The highest BCUT2D eigenvalue weighted by atomic mass is 32.7. The zero-order chi connectivity index (χ0) is 33.5. The maximum absolute atomic E-state index is 13.7. The van der Waals surface area contributed by atoms with Crippen molar-refractivity contribution in [3.8, 4) is 0 Å². The zero-order valence-corrected chi connectivity index (χ0v) is 27.6. The molecule has 3 aliphatic heterocycles. The molecule has 3 aliphatic rings. The van der Waals surface area contributed by atoms with E-state index in [9.17, 15) is 23.9 Å². The summed E-state index contributed by atoms with van der Waals surface area (Å²) in [7, 11) is 0. The minimum absolute atomic E-state index is 0.0439. The van der Waals surface area contributed by atoms with E-state index in [1.54, 1.807) is 6.92 Å². The molecule has 47 heavy (non-hydrogen) atoms. The maximum atomic E-state index is 13.7. The topological polar surface area (TPSA) is 289 Å². The number of nitrogens with zero attached hydrogens (tertiary/aromatic N) is 7. The molecule has 25 heteroatoms. The van der Waals surface area contributed by atoms with Crippen LogP contribution in [0.25, 0.3) is 22.3 Å². The van der Waals surface area contributed by atoms with Crippen molar-refractivity contribution in [3.05, 3.63) is 29.3 Å². The molecule has 7 N–H and O–H groups in total. The number of nitrogen functional groups attached to an aromatic ring is 2. The van der Waals surface area contributed by atoms with E-state index in [4.69, 9.17) is 39.2 Å².